The second kappa shape index (κ2) is 15.1. The number of hydrogen-bond acceptors (Lipinski definition) is 7. The van der Waals surface area contributed by atoms with Crippen LogP contribution in [-0.2, 0) is 32.4 Å². The molecule has 2 amide bonds. The first-order chi connectivity index (χ1) is 19.6. The molecular formula is C29H40FN3O7S. The average molecular weight is 594 g/mol. The number of rotatable bonds is 15. The Labute approximate surface area is 241 Å². The SMILES string of the molecule is COC(=O)N[C@@H](Cc1ccccc1F)C(=O)NCCCC[C@H](CO)N(CC(C)C)S(=O)(=O)c1ccc2c(c1)CCO2. The van der Waals surface area contributed by atoms with Crippen LogP contribution in [0.3, 0.4) is 0 Å². The second-order valence-corrected chi connectivity index (χ2v) is 12.3. The zero-order valence-electron chi connectivity index (χ0n) is 23.8. The minimum Gasteiger partial charge on any atom is -0.493 e. The number of hydrogen-bond donors (Lipinski definition) is 3. The number of aliphatic hydroxyl groups is 1. The van der Waals surface area contributed by atoms with Crippen molar-refractivity contribution in [1.29, 1.82) is 0 Å². The van der Waals surface area contributed by atoms with Crippen LogP contribution in [0.5, 0.6) is 5.75 Å². The molecular weight excluding hydrogens is 553 g/mol. The van der Waals surface area contributed by atoms with E-state index in [1.54, 1.807) is 18.2 Å². The number of methoxy groups -OCH3 is 1. The van der Waals surface area contributed by atoms with Crippen LogP contribution in [0, 0.1) is 11.7 Å². The number of ether oxygens (including phenoxy) is 2. The smallest absolute Gasteiger partial charge is 0.407 e. The number of unbranched alkanes of at least 4 members (excludes halogenated alkanes) is 1. The fraction of sp³-hybridized carbons (Fsp3) is 0.517. The number of aliphatic hydroxyl groups excluding tert-OH is 1. The number of carbonyl (C=O) groups is 2. The van der Waals surface area contributed by atoms with Gasteiger partial charge >= 0.3 is 6.09 Å². The van der Waals surface area contributed by atoms with Gasteiger partial charge < -0.3 is 25.2 Å². The van der Waals surface area contributed by atoms with Crippen molar-refractivity contribution in [3.8, 4) is 5.75 Å². The third kappa shape index (κ3) is 8.88. The largest absolute Gasteiger partial charge is 0.493 e. The van der Waals surface area contributed by atoms with Crippen LogP contribution in [0.1, 0.15) is 44.2 Å². The standard InChI is InChI=1S/C29H40FN3O7S/c1-20(2)18-33(41(37,38)24-11-12-27-22(16-24)13-15-40-27)23(19-34)9-6-7-14-31-28(35)26(32-29(36)39-3)17-21-8-4-5-10-25(21)30/h4-5,8,10-12,16,20,23,26,34H,6-7,9,13-15,17-19H2,1-3H3,(H,31,35)(H,32,36)/t23-,26+/m1/s1. The van der Waals surface area contributed by atoms with E-state index in [0.717, 1.165) is 5.56 Å². The van der Waals surface area contributed by atoms with E-state index >= 15 is 0 Å². The van der Waals surface area contributed by atoms with Gasteiger partial charge in [0.15, 0.2) is 0 Å². The van der Waals surface area contributed by atoms with Crippen LogP contribution in [0.2, 0.25) is 0 Å². The number of nitrogens with one attached hydrogen (secondary N) is 2. The highest BCUT2D eigenvalue weighted by molar-refractivity contribution is 7.89. The van der Waals surface area contributed by atoms with Crippen LogP contribution < -0.4 is 15.4 Å². The van der Waals surface area contributed by atoms with E-state index in [1.807, 2.05) is 13.8 Å². The molecule has 0 saturated carbocycles. The Morgan fingerprint density at radius 3 is 2.61 bits per heavy atom. The highest BCUT2D eigenvalue weighted by Gasteiger charge is 2.32. The molecule has 226 valence electrons. The summed E-state index contributed by atoms with van der Waals surface area (Å²) in [6.45, 7) is 4.50. The van der Waals surface area contributed by atoms with E-state index in [9.17, 15) is 27.5 Å². The maximum Gasteiger partial charge on any atom is 0.407 e. The number of fused-ring (bicyclic) bond motifs is 1. The molecule has 0 aliphatic carbocycles. The molecule has 3 rings (SSSR count). The molecule has 3 N–H and O–H groups in total. The minimum atomic E-state index is -3.88. The molecule has 10 nitrogen and oxygen atoms in total. The van der Waals surface area contributed by atoms with E-state index in [-0.39, 0.29) is 42.5 Å². The van der Waals surface area contributed by atoms with Crippen molar-refractivity contribution in [2.75, 3.05) is 33.4 Å². The van der Waals surface area contributed by atoms with Gasteiger partial charge in [0.25, 0.3) is 0 Å². The summed E-state index contributed by atoms with van der Waals surface area (Å²) in [5, 5.41) is 15.4. The Hall–Kier alpha value is -3.22. The molecule has 1 aliphatic heterocycles. The van der Waals surface area contributed by atoms with Gasteiger partial charge in [-0.15, -0.1) is 0 Å². The van der Waals surface area contributed by atoms with Crippen LogP contribution in [0.4, 0.5) is 9.18 Å². The molecule has 0 saturated heterocycles. The first-order valence-corrected chi connectivity index (χ1v) is 15.2. The lowest BCUT2D eigenvalue weighted by atomic mass is 10.0. The number of amides is 2. The van der Waals surface area contributed by atoms with E-state index in [1.165, 1.54) is 35.7 Å². The highest BCUT2D eigenvalue weighted by atomic mass is 32.2. The first kappa shape index (κ1) is 32.3. The summed E-state index contributed by atoms with van der Waals surface area (Å²) in [7, 11) is -2.71. The number of nitrogens with zero attached hydrogens (tertiary/aromatic N) is 1. The lowest BCUT2D eigenvalue weighted by molar-refractivity contribution is -0.123. The highest BCUT2D eigenvalue weighted by Crippen LogP contribution is 2.30. The Kier molecular flexibility index (Phi) is 11.9. The van der Waals surface area contributed by atoms with Gasteiger partial charge in [0.2, 0.25) is 15.9 Å². The third-order valence-corrected chi connectivity index (χ3v) is 8.78. The zero-order valence-corrected chi connectivity index (χ0v) is 24.6. The summed E-state index contributed by atoms with van der Waals surface area (Å²) in [6, 6.07) is 9.17. The summed E-state index contributed by atoms with van der Waals surface area (Å²) in [5.41, 5.74) is 1.12. The fourth-order valence-corrected chi connectivity index (χ4v) is 6.58. The van der Waals surface area contributed by atoms with Crippen molar-refractivity contribution in [3.63, 3.8) is 0 Å². The molecule has 2 atom stereocenters. The summed E-state index contributed by atoms with van der Waals surface area (Å²) in [4.78, 5) is 24.8. The third-order valence-electron chi connectivity index (χ3n) is 6.87. The van der Waals surface area contributed by atoms with Gasteiger partial charge in [0.1, 0.15) is 17.6 Å². The summed E-state index contributed by atoms with van der Waals surface area (Å²) in [5.74, 6) is -0.259. The topological polar surface area (TPSA) is 134 Å². The number of alkyl carbamates (subject to hydrolysis) is 1. The van der Waals surface area contributed by atoms with Gasteiger partial charge in [-0.1, -0.05) is 38.5 Å². The molecule has 2 aromatic rings. The minimum absolute atomic E-state index is 0.0320. The van der Waals surface area contributed by atoms with E-state index < -0.39 is 39.9 Å². The molecule has 0 radical (unpaired) electrons. The lowest BCUT2D eigenvalue weighted by Crippen LogP contribution is -2.48. The van der Waals surface area contributed by atoms with E-state index in [2.05, 4.69) is 15.4 Å². The Morgan fingerprint density at radius 2 is 1.93 bits per heavy atom. The molecule has 12 heteroatoms. The normalized spacial score (nSPS) is 14.3. The first-order valence-electron chi connectivity index (χ1n) is 13.8. The predicted molar refractivity (Wildman–Crippen MR) is 152 cm³/mol. The number of halogens is 1. The predicted octanol–water partition coefficient (Wildman–Crippen LogP) is 3.02. The molecule has 0 aromatic heterocycles. The summed E-state index contributed by atoms with van der Waals surface area (Å²) >= 11 is 0. The van der Waals surface area contributed by atoms with Crippen LogP contribution in [-0.4, -0.2) is 75.3 Å². The maximum absolute atomic E-state index is 14.1. The van der Waals surface area contributed by atoms with Crippen LogP contribution in [0.15, 0.2) is 47.4 Å². The lowest BCUT2D eigenvalue weighted by Gasteiger charge is -2.31. The van der Waals surface area contributed by atoms with Gasteiger partial charge in [0, 0.05) is 32.0 Å². The molecule has 1 aliphatic rings. The Balaban J connectivity index is 1.60. The van der Waals surface area contributed by atoms with Gasteiger partial charge in [-0.2, -0.15) is 4.31 Å². The molecule has 0 fully saturated rings. The molecule has 0 bridgehead atoms. The van der Waals surface area contributed by atoms with Crippen LogP contribution >= 0.6 is 0 Å². The quantitative estimate of drug-likeness (QED) is 0.270. The monoisotopic (exact) mass is 593 g/mol. The Bertz CT molecular complexity index is 1290. The van der Waals surface area contributed by atoms with Crippen molar-refractivity contribution < 1.29 is 37.0 Å². The van der Waals surface area contributed by atoms with Crippen LogP contribution in [0.25, 0.3) is 0 Å². The number of benzene rings is 2. The molecule has 1 heterocycles. The van der Waals surface area contributed by atoms with Crippen molar-refractivity contribution in [3.05, 3.63) is 59.4 Å². The molecule has 2 aromatic carbocycles. The zero-order chi connectivity index (χ0) is 30.0. The molecule has 41 heavy (non-hydrogen) atoms. The van der Waals surface area contributed by atoms with E-state index in [4.69, 9.17) is 4.74 Å². The Morgan fingerprint density at radius 1 is 1.17 bits per heavy atom. The van der Waals surface area contributed by atoms with Gasteiger partial charge in [-0.25, -0.2) is 17.6 Å². The molecule has 0 unspecified atom stereocenters. The number of carbonyl (C=O) groups excluding carboxylic acids is 2. The van der Waals surface area contributed by atoms with Crippen molar-refractivity contribution in [2.45, 2.75) is 62.9 Å². The van der Waals surface area contributed by atoms with Crippen molar-refractivity contribution in [2.24, 2.45) is 5.92 Å². The maximum atomic E-state index is 14.1. The average Bonchev–Trinajstić information content (AvgIpc) is 3.42. The van der Waals surface area contributed by atoms with Gasteiger partial charge in [-0.05, 0) is 54.2 Å². The number of sulfonamides is 1. The van der Waals surface area contributed by atoms with Crippen molar-refractivity contribution in [1.82, 2.24) is 14.9 Å². The second-order valence-electron chi connectivity index (χ2n) is 10.4. The fourth-order valence-electron chi connectivity index (χ4n) is 4.72. The summed E-state index contributed by atoms with van der Waals surface area (Å²) in [6.07, 6.45) is 1.18. The van der Waals surface area contributed by atoms with Gasteiger partial charge in [0.05, 0.1) is 25.2 Å². The van der Waals surface area contributed by atoms with Gasteiger partial charge in [-0.3, -0.25) is 4.79 Å². The summed E-state index contributed by atoms with van der Waals surface area (Å²) < 4.78 is 52.9. The van der Waals surface area contributed by atoms with E-state index in [0.29, 0.717) is 38.0 Å². The van der Waals surface area contributed by atoms with Crippen molar-refractivity contribution >= 4 is 22.0 Å². The molecule has 0 spiro atoms.